The van der Waals surface area contributed by atoms with Crippen molar-refractivity contribution in [3.05, 3.63) is 29.3 Å². The summed E-state index contributed by atoms with van der Waals surface area (Å²) in [5, 5.41) is 11.9. The summed E-state index contributed by atoms with van der Waals surface area (Å²) in [5.41, 5.74) is 1.74. The van der Waals surface area contributed by atoms with Gasteiger partial charge in [-0.2, -0.15) is 0 Å². The number of benzene rings is 1. The molecule has 1 aromatic carbocycles. The first-order valence-corrected chi connectivity index (χ1v) is 7.46. The number of aryl methyl sites for hydroxylation is 1. The summed E-state index contributed by atoms with van der Waals surface area (Å²) in [7, 11) is 0. The number of carboxylic acid groups (broad SMARTS) is 1. The standard InChI is InChI=1S/C17H23NO3/c1-11-10-12(16(20)21)7-8-14(11)18-15(19)13-6-4-5-9-17(13,2)3/h7-8,10,13H,4-6,9H2,1-3H3,(H,18,19)(H,20,21). The van der Waals surface area contributed by atoms with Gasteiger partial charge < -0.3 is 10.4 Å². The van der Waals surface area contributed by atoms with E-state index < -0.39 is 5.97 Å². The first-order valence-electron chi connectivity index (χ1n) is 7.46. The van der Waals surface area contributed by atoms with Gasteiger partial charge in [-0.1, -0.05) is 26.7 Å². The number of carboxylic acids is 1. The molecule has 1 aliphatic carbocycles. The van der Waals surface area contributed by atoms with Crippen LogP contribution < -0.4 is 5.32 Å². The minimum Gasteiger partial charge on any atom is -0.478 e. The van der Waals surface area contributed by atoms with Crippen LogP contribution in [0.3, 0.4) is 0 Å². The Bertz CT molecular complexity index is 563. The molecule has 0 radical (unpaired) electrons. The summed E-state index contributed by atoms with van der Waals surface area (Å²) in [6.07, 6.45) is 4.27. The molecule has 1 aliphatic rings. The molecule has 1 unspecified atom stereocenters. The van der Waals surface area contributed by atoms with Crippen molar-refractivity contribution in [3.8, 4) is 0 Å². The average Bonchev–Trinajstić information content (AvgIpc) is 2.40. The molecule has 4 heteroatoms. The van der Waals surface area contributed by atoms with Gasteiger partial charge in [0.1, 0.15) is 0 Å². The van der Waals surface area contributed by atoms with Crippen LogP contribution in [-0.4, -0.2) is 17.0 Å². The van der Waals surface area contributed by atoms with E-state index in [0.717, 1.165) is 24.8 Å². The maximum Gasteiger partial charge on any atom is 0.335 e. The van der Waals surface area contributed by atoms with Gasteiger partial charge in [-0.3, -0.25) is 4.79 Å². The van der Waals surface area contributed by atoms with Gasteiger partial charge in [0, 0.05) is 11.6 Å². The van der Waals surface area contributed by atoms with E-state index in [2.05, 4.69) is 19.2 Å². The average molecular weight is 289 g/mol. The summed E-state index contributed by atoms with van der Waals surface area (Å²) in [6, 6.07) is 4.79. The van der Waals surface area contributed by atoms with Gasteiger partial charge in [0.15, 0.2) is 0 Å². The lowest BCUT2D eigenvalue weighted by Crippen LogP contribution is -2.37. The number of nitrogens with one attached hydrogen (secondary N) is 1. The molecule has 0 aromatic heterocycles. The van der Waals surface area contributed by atoms with Crippen molar-refractivity contribution in [2.45, 2.75) is 46.5 Å². The summed E-state index contributed by atoms with van der Waals surface area (Å²) in [6.45, 7) is 6.11. The van der Waals surface area contributed by atoms with Gasteiger partial charge in [0.05, 0.1) is 5.56 Å². The first-order chi connectivity index (χ1) is 9.81. The second-order valence-electron chi connectivity index (χ2n) is 6.61. The largest absolute Gasteiger partial charge is 0.478 e. The third-order valence-electron chi connectivity index (χ3n) is 4.55. The molecule has 0 spiro atoms. The van der Waals surface area contributed by atoms with Crippen molar-refractivity contribution >= 4 is 17.6 Å². The number of hydrogen-bond donors (Lipinski definition) is 2. The van der Waals surface area contributed by atoms with Crippen LogP contribution in [-0.2, 0) is 4.79 Å². The number of carbonyl (C=O) groups is 2. The quantitative estimate of drug-likeness (QED) is 0.888. The van der Waals surface area contributed by atoms with E-state index in [1.54, 1.807) is 12.1 Å². The van der Waals surface area contributed by atoms with E-state index >= 15 is 0 Å². The molecular formula is C17H23NO3. The zero-order valence-electron chi connectivity index (χ0n) is 12.9. The molecule has 0 heterocycles. The molecule has 1 amide bonds. The maximum absolute atomic E-state index is 12.5. The Morgan fingerprint density at radius 1 is 1.29 bits per heavy atom. The van der Waals surface area contributed by atoms with Crippen LogP contribution in [0, 0.1) is 18.3 Å². The summed E-state index contributed by atoms with van der Waals surface area (Å²) in [4.78, 5) is 23.5. The highest BCUT2D eigenvalue weighted by atomic mass is 16.4. The van der Waals surface area contributed by atoms with Crippen molar-refractivity contribution in [1.29, 1.82) is 0 Å². The zero-order valence-corrected chi connectivity index (χ0v) is 12.9. The van der Waals surface area contributed by atoms with E-state index in [4.69, 9.17) is 5.11 Å². The summed E-state index contributed by atoms with van der Waals surface area (Å²) < 4.78 is 0. The topological polar surface area (TPSA) is 66.4 Å². The minimum atomic E-state index is -0.954. The molecule has 4 nitrogen and oxygen atoms in total. The van der Waals surface area contributed by atoms with Crippen LogP contribution in [0.15, 0.2) is 18.2 Å². The van der Waals surface area contributed by atoms with Crippen molar-refractivity contribution in [2.24, 2.45) is 11.3 Å². The number of rotatable bonds is 3. The third kappa shape index (κ3) is 3.43. The van der Waals surface area contributed by atoms with Crippen LogP contribution in [0.4, 0.5) is 5.69 Å². The molecule has 0 aliphatic heterocycles. The van der Waals surface area contributed by atoms with Crippen LogP contribution in [0.5, 0.6) is 0 Å². The SMILES string of the molecule is Cc1cc(C(=O)O)ccc1NC(=O)C1CCCCC1(C)C. The normalized spacial score (nSPS) is 20.8. The van der Waals surface area contributed by atoms with E-state index in [9.17, 15) is 9.59 Å². The Labute approximate surface area is 125 Å². The molecule has 1 saturated carbocycles. The van der Waals surface area contributed by atoms with E-state index in [-0.39, 0.29) is 22.8 Å². The highest BCUT2D eigenvalue weighted by Crippen LogP contribution is 2.41. The second kappa shape index (κ2) is 5.88. The maximum atomic E-state index is 12.5. The predicted octanol–water partition coefficient (Wildman–Crippen LogP) is 3.85. The highest BCUT2D eigenvalue weighted by Gasteiger charge is 2.37. The van der Waals surface area contributed by atoms with Crippen LogP contribution in [0.2, 0.25) is 0 Å². The molecule has 0 saturated heterocycles. The third-order valence-corrected chi connectivity index (χ3v) is 4.55. The van der Waals surface area contributed by atoms with Gasteiger partial charge in [-0.05, 0) is 48.9 Å². The number of hydrogen-bond acceptors (Lipinski definition) is 2. The minimum absolute atomic E-state index is 0.0183. The van der Waals surface area contributed by atoms with E-state index in [0.29, 0.717) is 5.69 Å². The molecule has 21 heavy (non-hydrogen) atoms. The Morgan fingerprint density at radius 2 is 2.00 bits per heavy atom. The number of aromatic carboxylic acids is 1. The van der Waals surface area contributed by atoms with Crippen molar-refractivity contribution < 1.29 is 14.7 Å². The number of amides is 1. The summed E-state index contributed by atoms with van der Waals surface area (Å²) in [5.74, 6) is -0.889. The van der Waals surface area contributed by atoms with Crippen LogP contribution in [0.25, 0.3) is 0 Å². The lowest BCUT2D eigenvalue weighted by molar-refractivity contribution is -0.124. The number of carbonyl (C=O) groups excluding carboxylic acids is 1. The molecule has 2 N–H and O–H groups in total. The second-order valence-corrected chi connectivity index (χ2v) is 6.61. The Balaban J connectivity index is 2.14. The fourth-order valence-electron chi connectivity index (χ4n) is 3.14. The first kappa shape index (κ1) is 15.5. The highest BCUT2D eigenvalue weighted by molar-refractivity contribution is 5.95. The lowest BCUT2D eigenvalue weighted by Gasteiger charge is -2.37. The fourth-order valence-corrected chi connectivity index (χ4v) is 3.14. The monoisotopic (exact) mass is 289 g/mol. The van der Waals surface area contributed by atoms with Crippen molar-refractivity contribution in [3.63, 3.8) is 0 Å². The fraction of sp³-hybridized carbons (Fsp3) is 0.529. The van der Waals surface area contributed by atoms with Crippen LogP contribution >= 0.6 is 0 Å². The molecule has 2 rings (SSSR count). The predicted molar refractivity (Wildman–Crippen MR) is 82.5 cm³/mol. The molecule has 1 aromatic rings. The van der Waals surface area contributed by atoms with Gasteiger partial charge in [0.2, 0.25) is 5.91 Å². The summed E-state index contributed by atoms with van der Waals surface area (Å²) >= 11 is 0. The van der Waals surface area contributed by atoms with Crippen LogP contribution in [0.1, 0.15) is 55.5 Å². The van der Waals surface area contributed by atoms with E-state index in [1.807, 2.05) is 6.92 Å². The Kier molecular flexibility index (Phi) is 4.35. The van der Waals surface area contributed by atoms with Gasteiger partial charge in [0.25, 0.3) is 0 Å². The van der Waals surface area contributed by atoms with Gasteiger partial charge in [-0.25, -0.2) is 4.79 Å². The molecule has 114 valence electrons. The molecule has 1 fully saturated rings. The zero-order chi connectivity index (χ0) is 15.6. The Morgan fingerprint density at radius 3 is 2.57 bits per heavy atom. The molecule has 0 bridgehead atoms. The molecule has 1 atom stereocenters. The van der Waals surface area contributed by atoms with Crippen molar-refractivity contribution in [1.82, 2.24) is 0 Å². The number of anilines is 1. The van der Waals surface area contributed by atoms with Gasteiger partial charge in [-0.15, -0.1) is 0 Å². The van der Waals surface area contributed by atoms with Gasteiger partial charge >= 0.3 is 5.97 Å². The molecular weight excluding hydrogens is 266 g/mol. The lowest BCUT2D eigenvalue weighted by atomic mass is 9.68. The Hall–Kier alpha value is -1.84. The van der Waals surface area contributed by atoms with Crippen molar-refractivity contribution in [2.75, 3.05) is 5.32 Å². The van der Waals surface area contributed by atoms with E-state index in [1.165, 1.54) is 12.5 Å². The smallest absolute Gasteiger partial charge is 0.335 e.